The van der Waals surface area contributed by atoms with Gasteiger partial charge in [-0.25, -0.2) is 0 Å². The fraction of sp³-hybridized carbons (Fsp3) is 1.00. The smallest absolute Gasteiger partial charge is 0.0436 e. The molecule has 14 heavy (non-hydrogen) atoms. The average molecular weight is 199 g/mol. The Balaban J connectivity index is 2.74. The first kappa shape index (κ1) is 12.0. The second kappa shape index (κ2) is 4.19. The molecule has 0 amide bonds. The molecule has 1 saturated carbocycles. The monoisotopic (exact) mass is 199 g/mol. The summed E-state index contributed by atoms with van der Waals surface area (Å²) < 4.78 is 0. The van der Waals surface area contributed by atoms with Crippen LogP contribution in [-0.4, -0.2) is 17.8 Å². The van der Waals surface area contributed by atoms with E-state index in [2.05, 4.69) is 20.8 Å². The van der Waals surface area contributed by atoms with Crippen LogP contribution in [0.15, 0.2) is 0 Å². The van der Waals surface area contributed by atoms with Crippen LogP contribution in [0.2, 0.25) is 0 Å². The maximum absolute atomic E-state index is 9.15. The Bertz CT molecular complexity index is 191. The Labute approximate surface area is 87.9 Å². The third-order valence-electron chi connectivity index (χ3n) is 3.97. The lowest BCUT2D eigenvalue weighted by Crippen LogP contribution is -2.40. The molecule has 1 aliphatic rings. The largest absolute Gasteiger partial charge is 0.396 e. The highest BCUT2D eigenvalue weighted by Crippen LogP contribution is 2.52. The molecule has 2 unspecified atom stereocenters. The van der Waals surface area contributed by atoms with Crippen LogP contribution >= 0.6 is 0 Å². The molecule has 0 heterocycles. The van der Waals surface area contributed by atoms with Crippen molar-refractivity contribution in [3.05, 3.63) is 0 Å². The molecule has 0 aromatic heterocycles. The summed E-state index contributed by atoms with van der Waals surface area (Å²) >= 11 is 0. The van der Waals surface area contributed by atoms with Crippen LogP contribution in [0.4, 0.5) is 0 Å². The Hall–Kier alpha value is -0.0800. The van der Waals surface area contributed by atoms with E-state index in [1.807, 2.05) is 0 Å². The summed E-state index contributed by atoms with van der Waals surface area (Å²) in [6, 6.07) is 0.261. The second-order valence-corrected chi connectivity index (χ2v) is 5.69. The van der Waals surface area contributed by atoms with Crippen molar-refractivity contribution >= 4 is 0 Å². The van der Waals surface area contributed by atoms with E-state index in [4.69, 9.17) is 10.8 Å². The molecule has 2 nitrogen and oxygen atoms in total. The zero-order valence-electron chi connectivity index (χ0n) is 9.84. The molecule has 1 fully saturated rings. The third-order valence-corrected chi connectivity index (χ3v) is 3.97. The predicted octanol–water partition coefficient (Wildman–Crippen LogP) is 2.30. The van der Waals surface area contributed by atoms with E-state index in [-0.39, 0.29) is 18.1 Å². The van der Waals surface area contributed by atoms with Crippen molar-refractivity contribution in [3.8, 4) is 0 Å². The van der Waals surface area contributed by atoms with Crippen LogP contribution in [0.25, 0.3) is 0 Å². The van der Waals surface area contributed by atoms with E-state index in [1.165, 1.54) is 19.3 Å². The Morgan fingerprint density at radius 2 is 2.00 bits per heavy atom. The summed E-state index contributed by atoms with van der Waals surface area (Å²) in [5.41, 5.74) is 6.84. The van der Waals surface area contributed by atoms with Gasteiger partial charge in [0.2, 0.25) is 0 Å². The molecular formula is C12H25NO. The van der Waals surface area contributed by atoms with E-state index in [9.17, 15) is 0 Å². The first-order valence-corrected chi connectivity index (χ1v) is 5.82. The molecule has 0 spiro atoms. The average Bonchev–Trinajstić information content (AvgIpc) is 2.42. The summed E-state index contributed by atoms with van der Waals surface area (Å²) in [4.78, 5) is 0. The zero-order valence-corrected chi connectivity index (χ0v) is 9.84. The van der Waals surface area contributed by atoms with Gasteiger partial charge in [-0.3, -0.25) is 0 Å². The highest BCUT2D eigenvalue weighted by Gasteiger charge is 2.45. The molecule has 0 bridgehead atoms. The summed E-state index contributed by atoms with van der Waals surface area (Å²) in [6.45, 7) is 7.06. The summed E-state index contributed by atoms with van der Waals surface area (Å²) in [7, 11) is 0. The molecule has 0 saturated heterocycles. The zero-order chi connectivity index (χ0) is 10.8. The molecule has 84 valence electrons. The minimum atomic E-state index is 0.215. The summed E-state index contributed by atoms with van der Waals surface area (Å²) in [6.07, 6.45) is 5.52. The number of nitrogens with two attached hydrogens (primary N) is 1. The van der Waals surface area contributed by atoms with Gasteiger partial charge >= 0.3 is 0 Å². The molecule has 0 aromatic carbocycles. The van der Waals surface area contributed by atoms with Gasteiger partial charge in [-0.1, -0.05) is 20.8 Å². The molecule has 0 aromatic rings. The van der Waals surface area contributed by atoms with Crippen LogP contribution in [0.3, 0.4) is 0 Å². The molecule has 1 aliphatic carbocycles. The molecule has 2 atom stereocenters. The number of aliphatic hydroxyl groups is 1. The number of rotatable bonds is 4. The van der Waals surface area contributed by atoms with Crippen molar-refractivity contribution in [3.63, 3.8) is 0 Å². The maximum atomic E-state index is 9.15. The first-order valence-electron chi connectivity index (χ1n) is 5.82. The standard InChI is InChI=1S/C12H25NO/c1-4-10(13)12(7-8-14)6-5-11(2,3)9-12/h10,14H,4-9,13H2,1-3H3. The Morgan fingerprint density at radius 3 is 2.36 bits per heavy atom. The molecule has 0 radical (unpaired) electrons. The van der Waals surface area contributed by atoms with Gasteiger partial charge < -0.3 is 10.8 Å². The van der Waals surface area contributed by atoms with Gasteiger partial charge in [-0.05, 0) is 42.9 Å². The van der Waals surface area contributed by atoms with Crippen molar-refractivity contribution in [2.75, 3.05) is 6.61 Å². The molecule has 0 aliphatic heterocycles. The lowest BCUT2D eigenvalue weighted by atomic mass is 9.73. The van der Waals surface area contributed by atoms with Crippen molar-refractivity contribution in [1.82, 2.24) is 0 Å². The SMILES string of the molecule is CCC(N)C1(CCO)CCC(C)(C)C1. The fourth-order valence-corrected chi connectivity index (χ4v) is 3.09. The fourth-order valence-electron chi connectivity index (χ4n) is 3.09. The van der Waals surface area contributed by atoms with Crippen molar-refractivity contribution in [1.29, 1.82) is 0 Å². The Morgan fingerprint density at radius 1 is 1.36 bits per heavy atom. The van der Waals surface area contributed by atoms with Crippen LogP contribution in [0.5, 0.6) is 0 Å². The van der Waals surface area contributed by atoms with Gasteiger partial charge in [-0.2, -0.15) is 0 Å². The lowest BCUT2D eigenvalue weighted by Gasteiger charge is -2.36. The van der Waals surface area contributed by atoms with Gasteiger partial charge in [0.15, 0.2) is 0 Å². The topological polar surface area (TPSA) is 46.2 Å². The quantitative estimate of drug-likeness (QED) is 0.730. The second-order valence-electron chi connectivity index (χ2n) is 5.69. The lowest BCUT2D eigenvalue weighted by molar-refractivity contribution is 0.136. The summed E-state index contributed by atoms with van der Waals surface area (Å²) in [5, 5.41) is 9.15. The van der Waals surface area contributed by atoms with Crippen LogP contribution < -0.4 is 5.73 Å². The van der Waals surface area contributed by atoms with Gasteiger partial charge in [0, 0.05) is 12.6 Å². The normalized spacial score (nSPS) is 33.2. The van der Waals surface area contributed by atoms with E-state index in [1.54, 1.807) is 0 Å². The molecule has 2 heteroatoms. The number of aliphatic hydroxyl groups excluding tert-OH is 1. The maximum Gasteiger partial charge on any atom is 0.0436 e. The minimum absolute atomic E-state index is 0.215. The molecule has 1 rings (SSSR count). The van der Waals surface area contributed by atoms with Gasteiger partial charge in [0.05, 0.1) is 0 Å². The molecule has 3 N–H and O–H groups in total. The van der Waals surface area contributed by atoms with Crippen molar-refractivity contribution in [2.24, 2.45) is 16.6 Å². The van der Waals surface area contributed by atoms with Gasteiger partial charge in [-0.15, -0.1) is 0 Å². The minimum Gasteiger partial charge on any atom is -0.396 e. The predicted molar refractivity (Wildman–Crippen MR) is 60.0 cm³/mol. The van der Waals surface area contributed by atoms with Gasteiger partial charge in [0.1, 0.15) is 0 Å². The van der Waals surface area contributed by atoms with E-state index >= 15 is 0 Å². The van der Waals surface area contributed by atoms with E-state index in [0.29, 0.717) is 5.41 Å². The Kier molecular flexibility index (Phi) is 3.59. The third kappa shape index (κ3) is 2.29. The van der Waals surface area contributed by atoms with Crippen LogP contribution in [0, 0.1) is 10.8 Å². The van der Waals surface area contributed by atoms with Crippen molar-refractivity contribution in [2.45, 2.75) is 58.9 Å². The van der Waals surface area contributed by atoms with Crippen LogP contribution in [0.1, 0.15) is 52.9 Å². The highest BCUT2D eigenvalue weighted by molar-refractivity contribution is 4.98. The van der Waals surface area contributed by atoms with Crippen molar-refractivity contribution < 1.29 is 5.11 Å². The highest BCUT2D eigenvalue weighted by atomic mass is 16.3. The number of hydrogen-bond donors (Lipinski definition) is 2. The van der Waals surface area contributed by atoms with Crippen LogP contribution in [-0.2, 0) is 0 Å². The van der Waals surface area contributed by atoms with Gasteiger partial charge in [0.25, 0.3) is 0 Å². The summed E-state index contributed by atoms with van der Waals surface area (Å²) in [5.74, 6) is 0. The van der Waals surface area contributed by atoms with E-state index in [0.717, 1.165) is 12.8 Å². The molecular weight excluding hydrogens is 174 g/mol. The first-order chi connectivity index (χ1) is 6.46. The van der Waals surface area contributed by atoms with E-state index < -0.39 is 0 Å². The number of hydrogen-bond acceptors (Lipinski definition) is 2.